The summed E-state index contributed by atoms with van der Waals surface area (Å²) in [7, 11) is 0. The van der Waals surface area contributed by atoms with Crippen LogP contribution in [-0.2, 0) is 9.53 Å². The van der Waals surface area contributed by atoms with Crippen molar-refractivity contribution in [2.75, 3.05) is 6.61 Å². The topological polar surface area (TPSA) is 26.3 Å². The molecule has 1 aliphatic carbocycles. The van der Waals surface area contributed by atoms with E-state index in [4.69, 9.17) is 4.74 Å². The molecular weight excluding hydrogens is 152 g/mol. The minimum absolute atomic E-state index is 0.216. The lowest BCUT2D eigenvalue weighted by atomic mass is 10.1. The van der Waals surface area contributed by atoms with Gasteiger partial charge in [-0.3, -0.25) is 4.79 Å². The van der Waals surface area contributed by atoms with Crippen molar-refractivity contribution in [3.8, 4) is 0 Å². The lowest BCUT2D eigenvalue weighted by molar-refractivity contribution is -0.115. The molecule has 1 aliphatic rings. The Bertz CT molecular complexity index is 182. The Labute approximate surface area is 73.6 Å². The van der Waals surface area contributed by atoms with Gasteiger partial charge >= 0.3 is 0 Å². The summed E-state index contributed by atoms with van der Waals surface area (Å²) in [5.74, 6) is 1.10. The average molecular weight is 168 g/mol. The highest BCUT2D eigenvalue weighted by Gasteiger charge is 2.09. The second-order valence-electron chi connectivity index (χ2n) is 3.13. The molecular formula is C10H16O2. The van der Waals surface area contributed by atoms with E-state index in [1.807, 2.05) is 0 Å². The normalized spacial score (nSPS) is 17.4. The van der Waals surface area contributed by atoms with Crippen LogP contribution in [0.15, 0.2) is 11.8 Å². The highest BCUT2D eigenvalue weighted by molar-refractivity contribution is 5.90. The highest BCUT2D eigenvalue weighted by atomic mass is 16.5. The van der Waals surface area contributed by atoms with Gasteiger partial charge in [0.25, 0.3) is 0 Å². The summed E-state index contributed by atoms with van der Waals surface area (Å²) in [5, 5.41) is 0. The minimum Gasteiger partial charge on any atom is -0.498 e. The molecule has 0 aromatic heterocycles. The van der Waals surface area contributed by atoms with Crippen LogP contribution in [0.1, 0.15) is 39.0 Å². The molecule has 0 N–H and O–H groups in total. The Morgan fingerprint density at radius 2 is 2.33 bits per heavy atom. The summed E-state index contributed by atoms with van der Waals surface area (Å²) < 4.78 is 5.43. The summed E-state index contributed by atoms with van der Waals surface area (Å²) in [5.41, 5.74) is 0. The number of ether oxygens (including phenoxy) is 1. The number of rotatable bonds is 4. The van der Waals surface area contributed by atoms with Gasteiger partial charge in [0, 0.05) is 18.9 Å². The Balaban J connectivity index is 2.26. The van der Waals surface area contributed by atoms with Gasteiger partial charge in [-0.1, -0.05) is 13.3 Å². The SMILES string of the molecule is CCCCOC1=CC(=O)CCC1. The second kappa shape index (κ2) is 4.96. The van der Waals surface area contributed by atoms with Crippen LogP contribution in [-0.4, -0.2) is 12.4 Å². The van der Waals surface area contributed by atoms with E-state index in [0.29, 0.717) is 6.42 Å². The first-order chi connectivity index (χ1) is 5.83. The summed E-state index contributed by atoms with van der Waals surface area (Å²) >= 11 is 0. The van der Waals surface area contributed by atoms with Gasteiger partial charge in [0.15, 0.2) is 5.78 Å². The predicted octanol–water partition coefficient (Wildman–Crippen LogP) is 2.44. The molecule has 0 amide bonds. The molecule has 1 rings (SSSR count). The van der Waals surface area contributed by atoms with Gasteiger partial charge in [0.1, 0.15) is 0 Å². The van der Waals surface area contributed by atoms with E-state index < -0.39 is 0 Å². The number of hydrogen-bond donors (Lipinski definition) is 0. The van der Waals surface area contributed by atoms with Crippen molar-refractivity contribution in [1.82, 2.24) is 0 Å². The maximum atomic E-state index is 10.9. The molecule has 12 heavy (non-hydrogen) atoms. The predicted molar refractivity (Wildman–Crippen MR) is 47.8 cm³/mol. The van der Waals surface area contributed by atoms with Gasteiger partial charge in [0.05, 0.1) is 12.4 Å². The minimum atomic E-state index is 0.216. The molecule has 0 fully saturated rings. The molecule has 0 aromatic rings. The summed E-state index contributed by atoms with van der Waals surface area (Å²) in [4.78, 5) is 10.9. The Morgan fingerprint density at radius 3 is 3.00 bits per heavy atom. The number of carbonyl (C=O) groups is 1. The standard InChI is InChI=1S/C10H16O2/c1-2-3-7-12-10-6-4-5-9(11)8-10/h8H,2-7H2,1H3. The number of unbranched alkanes of at least 4 members (excludes halogenated alkanes) is 1. The van der Waals surface area contributed by atoms with Crippen molar-refractivity contribution in [2.24, 2.45) is 0 Å². The molecule has 0 unspecified atom stereocenters. The molecule has 0 radical (unpaired) electrons. The molecule has 0 saturated carbocycles. The summed E-state index contributed by atoms with van der Waals surface area (Å²) in [6, 6.07) is 0. The van der Waals surface area contributed by atoms with Crippen molar-refractivity contribution >= 4 is 5.78 Å². The summed E-state index contributed by atoms with van der Waals surface area (Å²) in [6.45, 7) is 2.89. The number of carbonyl (C=O) groups excluding carboxylic acids is 1. The zero-order valence-corrected chi connectivity index (χ0v) is 7.64. The highest BCUT2D eigenvalue weighted by Crippen LogP contribution is 2.16. The van der Waals surface area contributed by atoms with Crippen molar-refractivity contribution in [1.29, 1.82) is 0 Å². The molecule has 68 valence electrons. The Morgan fingerprint density at radius 1 is 1.50 bits per heavy atom. The quantitative estimate of drug-likeness (QED) is 0.603. The third-order valence-corrected chi connectivity index (χ3v) is 1.95. The molecule has 2 nitrogen and oxygen atoms in total. The van der Waals surface area contributed by atoms with E-state index in [1.54, 1.807) is 6.08 Å². The first kappa shape index (κ1) is 9.30. The molecule has 2 heteroatoms. The average Bonchev–Trinajstić information content (AvgIpc) is 2.05. The fraction of sp³-hybridized carbons (Fsp3) is 0.700. The monoisotopic (exact) mass is 168 g/mol. The third-order valence-electron chi connectivity index (χ3n) is 1.95. The van der Waals surface area contributed by atoms with E-state index in [0.717, 1.165) is 38.0 Å². The van der Waals surface area contributed by atoms with Crippen molar-refractivity contribution < 1.29 is 9.53 Å². The molecule has 0 aliphatic heterocycles. The second-order valence-corrected chi connectivity index (χ2v) is 3.13. The molecule has 0 atom stereocenters. The van der Waals surface area contributed by atoms with Crippen LogP contribution in [0.2, 0.25) is 0 Å². The van der Waals surface area contributed by atoms with Crippen molar-refractivity contribution in [3.05, 3.63) is 11.8 Å². The lowest BCUT2D eigenvalue weighted by Gasteiger charge is -2.12. The molecule has 0 saturated heterocycles. The maximum absolute atomic E-state index is 10.9. The molecule has 0 heterocycles. The van der Waals surface area contributed by atoms with E-state index in [9.17, 15) is 4.79 Å². The fourth-order valence-corrected chi connectivity index (χ4v) is 1.22. The largest absolute Gasteiger partial charge is 0.498 e. The Kier molecular flexibility index (Phi) is 3.85. The third kappa shape index (κ3) is 3.07. The van der Waals surface area contributed by atoms with Crippen LogP contribution >= 0.6 is 0 Å². The van der Waals surface area contributed by atoms with Crippen molar-refractivity contribution in [3.63, 3.8) is 0 Å². The lowest BCUT2D eigenvalue weighted by Crippen LogP contribution is -2.05. The molecule has 0 bridgehead atoms. The van der Waals surface area contributed by atoms with Crippen LogP contribution in [0.5, 0.6) is 0 Å². The van der Waals surface area contributed by atoms with Crippen LogP contribution in [0.3, 0.4) is 0 Å². The zero-order chi connectivity index (χ0) is 8.81. The maximum Gasteiger partial charge on any atom is 0.159 e. The molecule has 0 aromatic carbocycles. The zero-order valence-electron chi connectivity index (χ0n) is 7.64. The number of allylic oxidation sites excluding steroid dienone is 2. The van der Waals surface area contributed by atoms with E-state index in [2.05, 4.69) is 6.92 Å². The van der Waals surface area contributed by atoms with Crippen LogP contribution < -0.4 is 0 Å². The van der Waals surface area contributed by atoms with Crippen LogP contribution in [0.25, 0.3) is 0 Å². The van der Waals surface area contributed by atoms with Gasteiger partial charge in [-0.15, -0.1) is 0 Å². The van der Waals surface area contributed by atoms with Crippen molar-refractivity contribution in [2.45, 2.75) is 39.0 Å². The van der Waals surface area contributed by atoms with E-state index in [1.165, 1.54) is 0 Å². The van der Waals surface area contributed by atoms with Gasteiger partial charge in [-0.25, -0.2) is 0 Å². The van der Waals surface area contributed by atoms with Gasteiger partial charge in [-0.2, -0.15) is 0 Å². The molecule has 0 spiro atoms. The number of hydrogen-bond acceptors (Lipinski definition) is 2. The summed E-state index contributed by atoms with van der Waals surface area (Å²) in [6.07, 6.45) is 6.46. The van der Waals surface area contributed by atoms with Crippen LogP contribution in [0.4, 0.5) is 0 Å². The van der Waals surface area contributed by atoms with E-state index >= 15 is 0 Å². The van der Waals surface area contributed by atoms with Gasteiger partial charge in [-0.05, 0) is 12.8 Å². The smallest absolute Gasteiger partial charge is 0.159 e. The Hall–Kier alpha value is -0.790. The van der Waals surface area contributed by atoms with Gasteiger partial charge < -0.3 is 4.74 Å². The fourth-order valence-electron chi connectivity index (χ4n) is 1.22. The first-order valence-corrected chi connectivity index (χ1v) is 4.69. The number of ketones is 1. The van der Waals surface area contributed by atoms with Crippen LogP contribution in [0, 0.1) is 0 Å². The first-order valence-electron chi connectivity index (χ1n) is 4.69. The van der Waals surface area contributed by atoms with Gasteiger partial charge in [0.2, 0.25) is 0 Å². The van der Waals surface area contributed by atoms with E-state index in [-0.39, 0.29) is 5.78 Å².